The van der Waals surface area contributed by atoms with Crippen molar-refractivity contribution in [3.63, 3.8) is 0 Å². The van der Waals surface area contributed by atoms with E-state index in [9.17, 15) is 8.42 Å². The van der Waals surface area contributed by atoms with E-state index in [2.05, 4.69) is 27.5 Å². The second kappa shape index (κ2) is 6.39. The lowest BCUT2D eigenvalue weighted by molar-refractivity contribution is 0.591. The zero-order valence-electron chi connectivity index (χ0n) is 12.0. The van der Waals surface area contributed by atoms with Crippen LogP contribution in [-0.4, -0.2) is 42.5 Å². The maximum atomic E-state index is 11.8. The van der Waals surface area contributed by atoms with Crippen molar-refractivity contribution in [2.75, 3.05) is 29.5 Å². The summed E-state index contributed by atoms with van der Waals surface area (Å²) in [5.41, 5.74) is 0.927. The van der Waals surface area contributed by atoms with Gasteiger partial charge in [0.25, 0.3) is 0 Å². The Morgan fingerprint density at radius 1 is 1.30 bits per heavy atom. The van der Waals surface area contributed by atoms with Gasteiger partial charge < -0.3 is 10.6 Å². The first-order chi connectivity index (χ1) is 9.54. The quantitative estimate of drug-likeness (QED) is 0.830. The SMILES string of the molecule is CCCNc1ncnc(NCC2CCCS2(=O)=O)c1C. The molecule has 1 saturated heterocycles. The van der Waals surface area contributed by atoms with Crippen molar-refractivity contribution in [1.82, 2.24) is 9.97 Å². The number of rotatable bonds is 6. The number of hydrogen-bond acceptors (Lipinski definition) is 6. The van der Waals surface area contributed by atoms with Crippen LogP contribution < -0.4 is 10.6 Å². The molecule has 0 bridgehead atoms. The third-order valence-electron chi connectivity index (χ3n) is 3.59. The van der Waals surface area contributed by atoms with Gasteiger partial charge in [0.15, 0.2) is 9.84 Å². The average Bonchev–Trinajstić information content (AvgIpc) is 2.75. The van der Waals surface area contributed by atoms with Gasteiger partial charge in [-0.3, -0.25) is 0 Å². The Balaban J connectivity index is 2.03. The van der Waals surface area contributed by atoms with Crippen molar-refractivity contribution in [3.8, 4) is 0 Å². The van der Waals surface area contributed by atoms with Crippen molar-refractivity contribution in [2.24, 2.45) is 0 Å². The molecule has 0 saturated carbocycles. The van der Waals surface area contributed by atoms with E-state index in [1.165, 1.54) is 6.33 Å². The molecular weight excluding hydrogens is 276 g/mol. The second-order valence-corrected chi connectivity index (χ2v) is 7.54. The highest BCUT2D eigenvalue weighted by Gasteiger charge is 2.31. The molecule has 0 radical (unpaired) electrons. The van der Waals surface area contributed by atoms with Gasteiger partial charge in [-0.25, -0.2) is 18.4 Å². The van der Waals surface area contributed by atoms with Crippen molar-refractivity contribution in [2.45, 2.75) is 38.4 Å². The minimum absolute atomic E-state index is 0.288. The zero-order chi connectivity index (χ0) is 14.6. The Bertz CT molecular complexity index is 559. The van der Waals surface area contributed by atoms with Gasteiger partial charge in [0, 0.05) is 18.7 Å². The van der Waals surface area contributed by atoms with Gasteiger partial charge >= 0.3 is 0 Å². The lowest BCUT2D eigenvalue weighted by Crippen LogP contribution is -2.25. The molecule has 2 rings (SSSR count). The first-order valence-corrected chi connectivity index (χ1v) is 8.77. The summed E-state index contributed by atoms with van der Waals surface area (Å²) in [6, 6.07) is 0. The van der Waals surface area contributed by atoms with Crippen molar-refractivity contribution >= 4 is 21.5 Å². The predicted octanol–water partition coefficient (Wildman–Crippen LogP) is 1.60. The summed E-state index contributed by atoms with van der Waals surface area (Å²) in [5, 5.41) is 6.11. The van der Waals surface area contributed by atoms with Crippen LogP contribution in [0, 0.1) is 6.92 Å². The molecule has 1 aliphatic heterocycles. The van der Waals surface area contributed by atoms with Crippen LogP contribution in [0.15, 0.2) is 6.33 Å². The lowest BCUT2D eigenvalue weighted by atomic mass is 10.2. The highest BCUT2D eigenvalue weighted by atomic mass is 32.2. The van der Waals surface area contributed by atoms with Gasteiger partial charge in [-0.05, 0) is 26.2 Å². The number of anilines is 2. The van der Waals surface area contributed by atoms with Gasteiger partial charge in [0.2, 0.25) is 0 Å². The average molecular weight is 298 g/mol. The molecule has 0 aromatic carbocycles. The first kappa shape index (κ1) is 15.0. The van der Waals surface area contributed by atoms with Gasteiger partial charge in [-0.15, -0.1) is 0 Å². The summed E-state index contributed by atoms with van der Waals surface area (Å²) in [5.74, 6) is 1.82. The molecule has 0 aliphatic carbocycles. The van der Waals surface area contributed by atoms with Crippen LogP contribution >= 0.6 is 0 Å². The molecular formula is C13H22N4O2S. The van der Waals surface area contributed by atoms with E-state index in [0.717, 1.165) is 37.2 Å². The topological polar surface area (TPSA) is 84.0 Å². The van der Waals surface area contributed by atoms with Crippen LogP contribution in [0.1, 0.15) is 31.7 Å². The molecule has 1 aromatic heterocycles. The molecule has 6 nitrogen and oxygen atoms in total. The van der Waals surface area contributed by atoms with E-state index in [-0.39, 0.29) is 5.25 Å². The fourth-order valence-electron chi connectivity index (χ4n) is 2.35. The van der Waals surface area contributed by atoms with Gasteiger partial charge in [0.05, 0.1) is 11.0 Å². The number of hydrogen-bond donors (Lipinski definition) is 2. The Hall–Kier alpha value is -1.37. The highest BCUT2D eigenvalue weighted by molar-refractivity contribution is 7.92. The standard InChI is InChI=1S/C13H22N4O2S/c1-3-6-14-12-10(2)13(17-9-16-12)15-8-11-5-4-7-20(11,18)19/h9,11H,3-8H2,1-2H3,(H2,14,15,16,17). The molecule has 1 aromatic rings. The van der Waals surface area contributed by atoms with E-state index in [0.29, 0.717) is 18.1 Å². The summed E-state index contributed by atoms with van der Waals surface area (Å²) < 4.78 is 23.6. The molecule has 1 aliphatic rings. The van der Waals surface area contributed by atoms with Gasteiger partial charge in [-0.2, -0.15) is 0 Å². The highest BCUT2D eigenvalue weighted by Crippen LogP contribution is 2.22. The molecule has 2 heterocycles. The molecule has 20 heavy (non-hydrogen) atoms. The van der Waals surface area contributed by atoms with Gasteiger partial charge in [-0.1, -0.05) is 6.92 Å². The Morgan fingerprint density at radius 2 is 2.00 bits per heavy atom. The van der Waals surface area contributed by atoms with Crippen LogP contribution in [0.5, 0.6) is 0 Å². The molecule has 1 atom stereocenters. The molecule has 0 spiro atoms. The lowest BCUT2D eigenvalue weighted by Gasteiger charge is -2.14. The molecule has 2 N–H and O–H groups in total. The third-order valence-corrected chi connectivity index (χ3v) is 5.86. The second-order valence-electron chi connectivity index (χ2n) is 5.13. The minimum Gasteiger partial charge on any atom is -0.370 e. The molecule has 1 unspecified atom stereocenters. The summed E-state index contributed by atoms with van der Waals surface area (Å²) in [7, 11) is -2.92. The number of sulfone groups is 1. The maximum absolute atomic E-state index is 11.8. The summed E-state index contributed by atoms with van der Waals surface area (Å²) in [4.78, 5) is 8.40. The monoisotopic (exact) mass is 298 g/mol. The number of aromatic nitrogens is 2. The van der Waals surface area contributed by atoms with Crippen LogP contribution in [0.4, 0.5) is 11.6 Å². The Labute approximate surface area is 120 Å². The van der Waals surface area contributed by atoms with Crippen LogP contribution in [-0.2, 0) is 9.84 Å². The Morgan fingerprint density at radius 3 is 2.60 bits per heavy atom. The number of nitrogens with one attached hydrogen (secondary N) is 2. The fourth-order valence-corrected chi connectivity index (χ4v) is 4.11. The summed E-state index contributed by atoms with van der Waals surface area (Å²) in [6.07, 6.45) is 4.02. The third kappa shape index (κ3) is 3.39. The van der Waals surface area contributed by atoms with Crippen LogP contribution in [0.2, 0.25) is 0 Å². The zero-order valence-corrected chi connectivity index (χ0v) is 12.8. The van der Waals surface area contributed by atoms with Crippen LogP contribution in [0.25, 0.3) is 0 Å². The van der Waals surface area contributed by atoms with E-state index in [1.54, 1.807) is 0 Å². The van der Waals surface area contributed by atoms with Crippen molar-refractivity contribution in [3.05, 3.63) is 11.9 Å². The minimum atomic E-state index is -2.92. The largest absolute Gasteiger partial charge is 0.370 e. The van der Waals surface area contributed by atoms with Crippen molar-refractivity contribution in [1.29, 1.82) is 0 Å². The predicted molar refractivity (Wildman–Crippen MR) is 80.8 cm³/mol. The molecule has 112 valence electrons. The van der Waals surface area contributed by atoms with E-state index in [4.69, 9.17) is 0 Å². The summed E-state index contributed by atoms with van der Waals surface area (Å²) >= 11 is 0. The summed E-state index contributed by atoms with van der Waals surface area (Å²) in [6.45, 7) is 5.30. The molecule has 7 heteroatoms. The van der Waals surface area contributed by atoms with E-state index >= 15 is 0 Å². The molecule has 1 fully saturated rings. The Kier molecular flexibility index (Phi) is 4.80. The van der Waals surface area contributed by atoms with Crippen LogP contribution in [0.3, 0.4) is 0 Å². The first-order valence-electron chi connectivity index (χ1n) is 7.05. The van der Waals surface area contributed by atoms with E-state index in [1.807, 2.05) is 6.92 Å². The normalized spacial score (nSPS) is 20.8. The maximum Gasteiger partial charge on any atom is 0.154 e. The van der Waals surface area contributed by atoms with E-state index < -0.39 is 9.84 Å². The fraction of sp³-hybridized carbons (Fsp3) is 0.692. The van der Waals surface area contributed by atoms with Gasteiger partial charge in [0.1, 0.15) is 18.0 Å². The number of nitrogens with zero attached hydrogens (tertiary/aromatic N) is 2. The van der Waals surface area contributed by atoms with Crippen molar-refractivity contribution < 1.29 is 8.42 Å². The molecule has 0 amide bonds. The smallest absolute Gasteiger partial charge is 0.154 e.